The summed E-state index contributed by atoms with van der Waals surface area (Å²) in [6.45, 7) is 3.98. The number of nitrogens with zero attached hydrogens (tertiary/aromatic N) is 1. The molecule has 0 bridgehead atoms. The van der Waals surface area contributed by atoms with Crippen LogP contribution in [0.5, 0.6) is 0 Å². The van der Waals surface area contributed by atoms with Gasteiger partial charge in [0, 0.05) is 27.1 Å². The van der Waals surface area contributed by atoms with Crippen LogP contribution in [0.3, 0.4) is 0 Å². The number of benzene rings is 4. The monoisotopic (exact) mass is 618 g/mol. The summed E-state index contributed by atoms with van der Waals surface area (Å²) in [7, 11) is 0. The van der Waals surface area contributed by atoms with E-state index in [1.807, 2.05) is 86.0 Å². The number of hydrogen-bond donors (Lipinski definition) is 3. The largest absolute Gasteiger partial charge is 0.321 e. The van der Waals surface area contributed by atoms with Crippen molar-refractivity contribution in [3.63, 3.8) is 0 Å². The molecule has 0 unspecified atom stereocenters. The number of nitrogens with one attached hydrogen (secondary N) is 3. The van der Waals surface area contributed by atoms with E-state index in [9.17, 15) is 14.4 Å². The molecule has 44 heavy (non-hydrogen) atoms. The van der Waals surface area contributed by atoms with Crippen LogP contribution in [0, 0.1) is 13.8 Å². The Kier molecular flexibility index (Phi) is 10.0. The molecule has 0 aliphatic rings. The van der Waals surface area contributed by atoms with Crippen LogP contribution in [-0.4, -0.2) is 28.5 Å². The first-order valence-corrected chi connectivity index (χ1v) is 15.7. The van der Waals surface area contributed by atoms with Gasteiger partial charge in [-0.25, -0.2) is 4.98 Å². The first-order valence-electron chi connectivity index (χ1n) is 13.8. The molecule has 5 aromatic rings. The fourth-order valence-electron chi connectivity index (χ4n) is 4.17. The lowest BCUT2D eigenvalue weighted by Gasteiger charge is -2.12. The Hall–Kier alpha value is -4.99. The van der Waals surface area contributed by atoms with Gasteiger partial charge < -0.3 is 16.0 Å². The maximum Gasteiger partial charge on any atom is 0.272 e. The molecular weight excluding hydrogens is 589 g/mol. The van der Waals surface area contributed by atoms with Gasteiger partial charge in [0.05, 0.1) is 11.4 Å². The zero-order chi connectivity index (χ0) is 30.9. The summed E-state index contributed by atoms with van der Waals surface area (Å²) in [4.78, 5) is 44.2. The van der Waals surface area contributed by atoms with E-state index in [2.05, 4.69) is 20.9 Å². The first-order chi connectivity index (χ1) is 21.3. The minimum absolute atomic E-state index is 0.121. The summed E-state index contributed by atoms with van der Waals surface area (Å²) in [5.41, 5.74) is 5.92. The van der Waals surface area contributed by atoms with Crippen LogP contribution in [0.25, 0.3) is 17.3 Å². The topological polar surface area (TPSA) is 100 Å². The Morgan fingerprint density at radius 3 is 2.25 bits per heavy atom. The van der Waals surface area contributed by atoms with Crippen molar-refractivity contribution in [2.45, 2.75) is 18.7 Å². The number of anilines is 2. The predicted octanol–water partition coefficient (Wildman–Crippen LogP) is 7.57. The molecule has 0 radical (unpaired) electrons. The fraction of sp³-hybridized carbons (Fsp3) is 0.0857. The van der Waals surface area contributed by atoms with Gasteiger partial charge in [-0.3, -0.25) is 14.4 Å². The molecule has 5 rings (SSSR count). The van der Waals surface area contributed by atoms with Crippen molar-refractivity contribution in [1.82, 2.24) is 10.3 Å². The summed E-state index contributed by atoms with van der Waals surface area (Å²) in [6.07, 6.45) is 1.67. The molecule has 0 saturated heterocycles. The molecule has 0 saturated carbocycles. The van der Waals surface area contributed by atoms with Gasteiger partial charge in [-0.15, -0.1) is 23.1 Å². The van der Waals surface area contributed by atoms with E-state index in [4.69, 9.17) is 0 Å². The maximum atomic E-state index is 13.3. The van der Waals surface area contributed by atoms with E-state index < -0.39 is 5.91 Å². The van der Waals surface area contributed by atoms with Crippen molar-refractivity contribution in [2.75, 3.05) is 16.4 Å². The average Bonchev–Trinajstić information content (AvgIpc) is 3.50. The fourth-order valence-corrected chi connectivity index (χ4v) is 5.61. The molecule has 220 valence electrons. The molecule has 3 amide bonds. The Labute approximate surface area is 264 Å². The van der Waals surface area contributed by atoms with Crippen LogP contribution >= 0.6 is 23.1 Å². The lowest BCUT2D eigenvalue weighted by Crippen LogP contribution is -2.30. The van der Waals surface area contributed by atoms with Crippen molar-refractivity contribution in [3.05, 3.63) is 136 Å². The number of amides is 3. The van der Waals surface area contributed by atoms with Crippen LogP contribution < -0.4 is 16.0 Å². The number of hydrogen-bond acceptors (Lipinski definition) is 6. The second-order valence-electron chi connectivity index (χ2n) is 9.95. The van der Waals surface area contributed by atoms with Crippen molar-refractivity contribution >= 4 is 57.7 Å². The zero-order valence-corrected chi connectivity index (χ0v) is 25.8. The van der Waals surface area contributed by atoms with Crippen molar-refractivity contribution in [1.29, 1.82) is 0 Å². The third-order valence-corrected chi connectivity index (χ3v) is 8.37. The summed E-state index contributed by atoms with van der Waals surface area (Å²) >= 11 is 2.77. The molecule has 0 atom stereocenters. The third kappa shape index (κ3) is 8.31. The summed E-state index contributed by atoms with van der Waals surface area (Å²) < 4.78 is 0. The third-order valence-electron chi connectivity index (χ3n) is 6.60. The molecule has 7 nitrogen and oxygen atoms in total. The van der Waals surface area contributed by atoms with E-state index in [-0.39, 0.29) is 23.3 Å². The lowest BCUT2D eigenvalue weighted by molar-refractivity contribution is -0.114. The number of thioether (sulfide) groups is 1. The Balaban J connectivity index is 1.19. The highest BCUT2D eigenvalue weighted by atomic mass is 32.2. The molecular formula is C35H30N4O3S2. The number of aromatic nitrogens is 1. The Morgan fingerprint density at radius 1 is 0.818 bits per heavy atom. The Morgan fingerprint density at radius 2 is 1.52 bits per heavy atom. The van der Waals surface area contributed by atoms with Crippen LogP contribution in [0.2, 0.25) is 0 Å². The quantitative estimate of drug-likeness (QED) is 0.111. The molecule has 0 aliphatic heterocycles. The van der Waals surface area contributed by atoms with E-state index in [0.717, 1.165) is 27.3 Å². The van der Waals surface area contributed by atoms with Crippen molar-refractivity contribution < 1.29 is 14.4 Å². The van der Waals surface area contributed by atoms with Gasteiger partial charge in [-0.05, 0) is 67.4 Å². The van der Waals surface area contributed by atoms with E-state index in [1.165, 1.54) is 28.7 Å². The SMILES string of the molecule is Cc1ccc(-c2csc(NC(=O)CSc3ccc(NC(=O)/C(=C/c4ccccc4C)NC(=O)c4ccccc4)cc3)n2)cc1. The molecule has 4 aromatic carbocycles. The van der Waals surface area contributed by atoms with Gasteiger partial charge in [0.1, 0.15) is 5.70 Å². The molecule has 1 aromatic heterocycles. The molecule has 0 aliphatic carbocycles. The summed E-state index contributed by atoms with van der Waals surface area (Å²) in [5, 5.41) is 11.0. The van der Waals surface area contributed by atoms with E-state index in [1.54, 1.807) is 42.5 Å². The van der Waals surface area contributed by atoms with E-state index in [0.29, 0.717) is 16.4 Å². The zero-order valence-electron chi connectivity index (χ0n) is 24.2. The average molecular weight is 619 g/mol. The van der Waals surface area contributed by atoms with Crippen LogP contribution in [0.4, 0.5) is 10.8 Å². The maximum absolute atomic E-state index is 13.3. The van der Waals surface area contributed by atoms with Gasteiger partial charge in [0.25, 0.3) is 11.8 Å². The second-order valence-corrected chi connectivity index (χ2v) is 11.9. The Bertz CT molecular complexity index is 1800. The smallest absolute Gasteiger partial charge is 0.272 e. The molecule has 1 heterocycles. The lowest BCUT2D eigenvalue weighted by atomic mass is 10.1. The number of rotatable bonds is 10. The minimum atomic E-state index is -0.453. The first kappa shape index (κ1) is 30.5. The number of carbonyl (C=O) groups is 3. The highest BCUT2D eigenvalue weighted by Crippen LogP contribution is 2.26. The van der Waals surface area contributed by atoms with Crippen molar-refractivity contribution in [2.24, 2.45) is 0 Å². The van der Waals surface area contributed by atoms with Gasteiger partial charge in [0.15, 0.2) is 5.13 Å². The van der Waals surface area contributed by atoms with Crippen LogP contribution in [0.1, 0.15) is 27.0 Å². The molecule has 0 fully saturated rings. The number of carbonyl (C=O) groups excluding carboxylic acids is 3. The number of aryl methyl sites for hydroxylation is 2. The molecule has 9 heteroatoms. The van der Waals surface area contributed by atoms with Crippen molar-refractivity contribution in [3.8, 4) is 11.3 Å². The molecule has 3 N–H and O–H groups in total. The van der Waals surface area contributed by atoms with Gasteiger partial charge >= 0.3 is 0 Å². The summed E-state index contributed by atoms with van der Waals surface area (Å²) in [6, 6.07) is 31.6. The van der Waals surface area contributed by atoms with E-state index >= 15 is 0 Å². The van der Waals surface area contributed by atoms with Gasteiger partial charge in [-0.2, -0.15) is 0 Å². The minimum Gasteiger partial charge on any atom is -0.321 e. The normalized spacial score (nSPS) is 11.1. The van der Waals surface area contributed by atoms with Crippen LogP contribution in [0.15, 0.2) is 119 Å². The van der Waals surface area contributed by atoms with Gasteiger partial charge in [-0.1, -0.05) is 72.3 Å². The second kappa shape index (κ2) is 14.5. The van der Waals surface area contributed by atoms with Crippen LogP contribution in [-0.2, 0) is 9.59 Å². The predicted molar refractivity (Wildman–Crippen MR) is 180 cm³/mol. The molecule has 0 spiro atoms. The highest BCUT2D eigenvalue weighted by molar-refractivity contribution is 8.00. The standard InChI is InChI=1S/C35H30N4O3S2/c1-23-12-14-25(15-13-23)31-21-44-35(38-31)39-32(40)22-43-29-18-16-28(17-19-29)36-34(42)30(20-27-11-7-6-8-24(27)2)37-33(41)26-9-4-3-5-10-26/h3-21H,22H2,1-2H3,(H,36,42)(H,37,41)(H,38,39,40)/b30-20-. The number of thiazole rings is 1. The van der Waals surface area contributed by atoms with Gasteiger partial charge in [0.2, 0.25) is 5.91 Å². The highest BCUT2D eigenvalue weighted by Gasteiger charge is 2.16. The summed E-state index contributed by atoms with van der Waals surface area (Å²) in [5.74, 6) is -0.780.